The van der Waals surface area contributed by atoms with E-state index in [9.17, 15) is 19.8 Å². The maximum Gasteiger partial charge on any atom is 0.267 e. The number of benzene rings is 1. The molecule has 32 heavy (non-hydrogen) atoms. The molecule has 8 heteroatoms. The molecule has 0 bridgehead atoms. The number of hydrogen-bond acceptors (Lipinski definition) is 6. The topological polar surface area (TPSA) is 114 Å². The third-order valence-corrected chi connectivity index (χ3v) is 5.65. The summed E-state index contributed by atoms with van der Waals surface area (Å²) in [6.45, 7) is 1.87. The van der Waals surface area contributed by atoms with Gasteiger partial charge in [-0.15, -0.1) is 0 Å². The van der Waals surface area contributed by atoms with Gasteiger partial charge in [0.15, 0.2) is 0 Å². The van der Waals surface area contributed by atoms with E-state index in [0.29, 0.717) is 23.4 Å². The van der Waals surface area contributed by atoms with Gasteiger partial charge in [-0.1, -0.05) is 25.1 Å². The molecule has 3 aromatic rings. The number of amides is 1. The normalized spacial score (nSPS) is 23.0. The van der Waals surface area contributed by atoms with Gasteiger partial charge in [-0.25, -0.2) is 0 Å². The number of nitrogens with zero attached hydrogens (tertiary/aromatic N) is 2. The predicted octanol–water partition coefficient (Wildman–Crippen LogP) is 2.45. The van der Waals surface area contributed by atoms with Crippen LogP contribution in [0.1, 0.15) is 41.8 Å². The lowest BCUT2D eigenvalue weighted by Gasteiger charge is -2.37. The number of para-hydroxylation sites is 1. The highest BCUT2D eigenvalue weighted by Crippen LogP contribution is 2.36. The smallest absolute Gasteiger partial charge is 0.267 e. The molecule has 0 saturated carbocycles. The Kier molecular flexibility index (Phi) is 6.45. The van der Waals surface area contributed by atoms with E-state index in [2.05, 4.69) is 10.3 Å². The van der Waals surface area contributed by atoms with Gasteiger partial charge < -0.3 is 20.3 Å². The molecule has 1 aliphatic heterocycles. The fourth-order valence-corrected chi connectivity index (χ4v) is 3.93. The molecule has 1 amide bonds. The van der Waals surface area contributed by atoms with Crippen molar-refractivity contribution in [1.29, 1.82) is 0 Å². The molecule has 1 fully saturated rings. The number of carbonyl (C=O) groups is 1. The number of pyridine rings is 2. The lowest BCUT2D eigenvalue weighted by molar-refractivity contribution is -0.170. The molecular formula is C24H25N3O5. The number of anilines is 1. The van der Waals surface area contributed by atoms with E-state index in [1.165, 1.54) is 16.8 Å². The summed E-state index contributed by atoms with van der Waals surface area (Å²) in [6.07, 6.45) is 2.41. The Bertz CT molecular complexity index is 1150. The Morgan fingerprint density at radius 2 is 1.97 bits per heavy atom. The highest BCUT2D eigenvalue weighted by molar-refractivity contribution is 6.04. The van der Waals surface area contributed by atoms with Gasteiger partial charge >= 0.3 is 0 Å². The van der Waals surface area contributed by atoms with Crippen LogP contribution in [-0.4, -0.2) is 44.0 Å². The molecule has 0 radical (unpaired) electrons. The van der Waals surface area contributed by atoms with E-state index < -0.39 is 35.9 Å². The second-order valence-electron chi connectivity index (χ2n) is 7.71. The van der Waals surface area contributed by atoms with Gasteiger partial charge in [-0.2, -0.15) is 0 Å². The average molecular weight is 435 g/mol. The number of carbonyl (C=O) groups excluding carboxylic acids is 1. The minimum atomic E-state index is -0.961. The van der Waals surface area contributed by atoms with Crippen molar-refractivity contribution in [2.45, 2.75) is 44.2 Å². The zero-order valence-corrected chi connectivity index (χ0v) is 17.6. The lowest BCUT2D eigenvalue weighted by Crippen LogP contribution is -2.45. The van der Waals surface area contributed by atoms with Gasteiger partial charge in [0.1, 0.15) is 11.7 Å². The molecule has 4 rings (SSSR count). The number of ether oxygens (including phenoxy) is 1. The molecule has 0 unspecified atom stereocenters. The number of hydrogen-bond donors (Lipinski definition) is 3. The third-order valence-electron chi connectivity index (χ3n) is 5.65. The monoisotopic (exact) mass is 435 g/mol. The lowest BCUT2D eigenvalue weighted by atomic mass is 9.92. The Hall–Kier alpha value is -3.33. The van der Waals surface area contributed by atoms with Crippen LogP contribution in [0.15, 0.2) is 71.9 Å². The fraction of sp³-hybridized carbons (Fsp3) is 0.292. The summed E-state index contributed by atoms with van der Waals surface area (Å²) >= 11 is 0. The van der Waals surface area contributed by atoms with Crippen molar-refractivity contribution >= 4 is 11.6 Å². The Balaban J connectivity index is 1.61. The van der Waals surface area contributed by atoms with Crippen LogP contribution in [0.2, 0.25) is 0 Å². The van der Waals surface area contributed by atoms with Crippen molar-refractivity contribution in [2.24, 2.45) is 0 Å². The molecule has 1 aromatic carbocycles. The second kappa shape index (κ2) is 9.44. The number of nitrogens with one attached hydrogen (secondary N) is 1. The molecule has 0 aliphatic carbocycles. The first-order valence-corrected chi connectivity index (χ1v) is 10.5. The fourth-order valence-electron chi connectivity index (χ4n) is 3.93. The van der Waals surface area contributed by atoms with Crippen molar-refractivity contribution in [3.05, 3.63) is 88.6 Å². The average Bonchev–Trinajstić information content (AvgIpc) is 2.82. The summed E-state index contributed by atoms with van der Waals surface area (Å²) in [7, 11) is 0. The Labute approximate surface area is 185 Å². The van der Waals surface area contributed by atoms with Crippen molar-refractivity contribution in [3.8, 4) is 5.69 Å². The molecule has 166 valence electrons. The first-order chi connectivity index (χ1) is 15.5. The van der Waals surface area contributed by atoms with Gasteiger partial charge in [0.25, 0.3) is 11.5 Å². The summed E-state index contributed by atoms with van der Waals surface area (Å²) in [5.41, 5.74) is 1.20. The second-order valence-corrected chi connectivity index (χ2v) is 7.71. The standard InChI is InChI=1S/C24H25N3O5/c1-2-20-22(29)19(28)13-21(32-20)16-10-11-25-14-18(16)26-23(30)17-9-6-12-27(24(17)31)15-7-4-3-5-8-15/h3-12,14,19-22,28-29H,2,13H2,1H3,(H,26,30)/t19-,20-,21-,22+/m1/s1. The summed E-state index contributed by atoms with van der Waals surface area (Å²) in [5, 5.41) is 23.1. The largest absolute Gasteiger partial charge is 0.390 e. The van der Waals surface area contributed by atoms with Crippen LogP contribution >= 0.6 is 0 Å². The molecular weight excluding hydrogens is 410 g/mol. The van der Waals surface area contributed by atoms with Gasteiger partial charge in [-0.05, 0) is 36.8 Å². The van der Waals surface area contributed by atoms with Crippen LogP contribution in [0, 0.1) is 0 Å². The number of rotatable bonds is 5. The van der Waals surface area contributed by atoms with E-state index in [4.69, 9.17) is 4.74 Å². The van der Waals surface area contributed by atoms with Crippen molar-refractivity contribution in [2.75, 3.05) is 5.32 Å². The summed E-state index contributed by atoms with van der Waals surface area (Å²) in [4.78, 5) is 30.0. The SMILES string of the molecule is CC[C@H]1O[C@@H](c2ccncc2NC(=O)c2cccn(-c3ccccc3)c2=O)C[C@@H](O)[C@@H]1O. The van der Waals surface area contributed by atoms with E-state index in [1.807, 2.05) is 25.1 Å². The van der Waals surface area contributed by atoms with Crippen LogP contribution in [0.25, 0.3) is 5.69 Å². The number of aliphatic hydroxyl groups excluding tert-OH is 2. The van der Waals surface area contributed by atoms with E-state index >= 15 is 0 Å². The third kappa shape index (κ3) is 4.34. The minimum absolute atomic E-state index is 0.0161. The number of aliphatic hydroxyl groups is 2. The molecule has 0 spiro atoms. The van der Waals surface area contributed by atoms with E-state index in [0.717, 1.165) is 0 Å². The first kappa shape index (κ1) is 21.9. The Morgan fingerprint density at radius 1 is 1.19 bits per heavy atom. The predicted molar refractivity (Wildman–Crippen MR) is 119 cm³/mol. The molecule has 1 aliphatic rings. The molecule has 1 saturated heterocycles. The highest BCUT2D eigenvalue weighted by atomic mass is 16.5. The van der Waals surface area contributed by atoms with Crippen LogP contribution in [0.4, 0.5) is 5.69 Å². The summed E-state index contributed by atoms with van der Waals surface area (Å²) in [6, 6.07) is 13.9. The summed E-state index contributed by atoms with van der Waals surface area (Å²) < 4.78 is 7.39. The minimum Gasteiger partial charge on any atom is -0.390 e. The molecule has 3 N–H and O–H groups in total. The maximum atomic E-state index is 13.0. The summed E-state index contributed by atoms with van der Waals surface area (Å²) in [5.74, 6) is -0.571. The zero-order chi connectivity index (χ0) is 22.7. The van der Waals surface area contributed by atoms with Crippen molar-refractivity contribution in [1.82, 2.24) is 9.55 Å². The molecule has 2 aromatic heterocycles. The van der Waals surface area contributed by atoms with Gasteiger partial charge in [0.2, 0.25) is 0 Å². The van der Waals surface area contributed by atoms with Crippen molar-refractivity contribution in [3.63, 3.8) is 0 Å². The highest BCUT2D eigenvalue weighted by Gasteiger charge is 2.37. The van der Waals surface area contributed by atoms with E-state index in [-0.39, 0.29) is 12.0 Å². The van der Waals surface area contributed by atoms with E-state index in [1.54, 1.807) is 36.7 Å². The number of aromatic nitrogens is 2. The van der Waals surface area contributed by atoms with Crippen LogP contribution in [0.5, 0.6) is 0 Å². The van der Waals surface area contributed by atoms with Crippen LogP contribution < -0.4 is 10.9 Å². The van der Waals surface area contributed by atoms with Gasteiger partial charge in [0, 0.05) is 30.1 Å². The van der Waals surface area contributed by atoms with Crippen molar-refractivity contribution < 1.29 is 19.7 Å². The maximum absolute atomic E-state index is 13.0. The van der Waals surface area contributed by atoms with Gasteiger partial charge in [-0.3, -0.25) is 19.1 Å². The van der Waals surface area contributed by atoms with Gasteiger partial charge in [0.05, 0.1) is 30.2 Å². The quantitative estimate of drug-likeness (QED) is 0.567. The zero-order valence-electron chi connectivity index (χ0n) is 17.6. The molecule has 4 atom stereocenters. The molecule has 3 heterocycles. The van der Waals surface area contributed by atoms with Crippen LogP contribution in [-0.2, 0) is 4.74 Å². The molecule has 8 nitrogen and oxygen atoms in total. The Morgan fingerprint density at radius 3 is 2.72 bits per heavy atom. The van der Waals surface area contributed by atoms with Crippen LogP contribution in [0.3, 0.4) is 0 Å². The first-order valence-electron chi connectivity index (χ1n) is 10.5.